The van der Waals surface area contributed by atoms with Crippen LogP contribution in [-0.4, -0.2) is 38.7 Å². The molecule has 4 rings (SSSR count). The fraction of sp³-hybridized carbons (Fsp3) is 0.214. The summed E-state index contributed by atoms with van der Waals surface area (Å²) in [6, 6.07) is 33.2. The molecular weight excluding hydrogens is 441 g/mol. The minimum absolute atomic E-state index is 0.719. The first-order valence-corrected chi connectivity index (χ1v) is 11.4. The molecule has 0 bridgehead atoms. The van der Waals surface area contributed by atoms with Crippen LogP contribution in [0.4, 0.5) is 17.1 Å². The number of ether oxygens (including phenoxy) is 1. The van der Waals surface area contributed by atoms with Crippen LogP contribution in [0.1, 0.15) is 27.7 Å². The molecule has 0 heterocycles. The van der Waals surface area contributed by atoms with Gasteiger partial charge >= 0.3 is 7.32 Å². The highest BCUT2D eigenvalue weighted by molar-refractivity contribution is 6.30. The molecule has 0 atom stereocenters. The van der Waals surface area contributed by atoms with Gasteiger partial charge in [-0.1, -0.05) is 54.6 Å². The Morgan fingerprint density at radius 3 is 1.77 bits per heavy atom. The second-order valence-corrected chi connectivity index (χ2v) is 9.18. The van der Waals surface area contributed by atoms with E-state index in [4.69, 9.17) is 19.8 Å². The number of anilines is 3. The van der Waals surface area contributed by atoms with Gasteiger partial charge in [0, 0.05) is 16.8 Å². The Bertz CT molecular complexity index is 1210. The molecule has 0 aliphatic heterocycles. The van der Waals surface area contributed by atoms with Crippen LogP contribution in [0, 0.1) is 0 Å². The fourth-order valence-corrected chi connectivity index (χ4v) is 3.49. The van der Waals surface area contributed by atoms with Crippen molar-refractivity contribution in [2.75, 3.05) is 4.90 Å². The topological polar surface area (TPSA) is 93.4 Å². The van der Waals surface area contributed by atoms with Crippen molar-refractivity contribution < 1.29 is 24.9 Å². The molecule has 0 aliphatic carbocycles. The highest BCUT2D eigenvalue weighted by Crippen LogP contribution is 2.39. The van der Waals surface area contributed by atoms with Gasteiger partial charge in [0.1, 0.15) is 11.4 Å². The quantitative estimate of drug-likeness (QED) is 0.288. The van der Waals surface area contributed by atoms with Gasteiger partial charge in [0.25, 0.3) is 0 Å². The van der Waals surface area contributed by atoms with Gasteiger partial charge in [0.05, 0.1) is 11.3 Å². The highest BCUT2D eigenvalue weighted by Gasteiger charge is 2.37. The predicted molar refractivity (Wildman–Crippen MR) is 142 cm³/mol. The molecule has 6 nitrogen and oxygen atoms in total. The molecule has 0 spiro atoms. The van der Waals surface area contributed by atoms with Crippen LogP contribution in [0.15, 0.2) is 97.1 Å². The number of hydrogen-bond acceptors (Lipinski definition) is 6. The lowest BCUT2D eigenvalue weighted by Gasteiger charge is -2.37. The van der Waals surface area contributed by atoms with Crippen LogP contribution in [0.5, 0.6) is 5.75 Å². The van der Waals surface area contributed by atoms with E-state index in [0.717, 1.165) is 22.8 Å². The van der Waals surface area contributed by atoms with Gasteiger partial charge < -0.3 is 29.8 Å². The average molecular weight is 473 g/mol. The lowest BCUT2D eigenvalue weighted by molar-refractivity contribution is -0.0906. The third-order valence-electron chi connectivity index (χ3n) is 5.96. The second-order valence-electron chi connectivity index (χ2n) is 9.18. The van der Waals surface area contributed by atoms with Gasteiger partial charge in [-0.05, 0) is 75.5 Å². The number of aliphatic hydroxyl groups is 1. The zero-order chi connectivity index (χ0) is 25.6. The average Bonchev–Trinajstić information content (AvgIpc) is 2.80. The van der Waals surface area contributed by atoms with Crippen LogP contribution < -0.4 is 9.64 Å². The van der Waals surface area contributed by atoms with Crippen molar-refractivity contribution in [2.24, 2.45) is 0 Å². The number of nitrogens with zero attached hydrogens (tertiary/aromatic N) is 1. The van der Waals surface area contributed by atoms with Crippen LogP contribution in [0.3, 0.4) is 0 Å². The molecule has 0 saturated carbocycles. The molecule has 4 N–H and O–H groups in total. The number of para-hydroxylation sites is 1. The summed E-state index contributed by atoms with van der Waals surface area (Å²) < 4.78 is 6.11. The number of fused-ring (bicyclic) bond motifs is 1. The summed E-state index contributed by atoms with van der Waals surface area (Å²) in [5, 5.41) is 34.3. The molecular formula is C28H32BNO5. The number of rotatable bonds is 6. The zero-order valence-corrected chi connectivity index (χ0v) is 20.5. The third kappa shape index (κ3) is 6.62. The van der Waals surface area contributed by atoms with Crippen molar-refractivity contribution in [3.05, 3.63) is 97.1 Å². The van der Waals surface area contributed by atoms with E-state index < -0.39 is 18.5 Å². The summed E-state index contributed by atoms with van der Waals surface area (Å²) in [7, 11) is -2.17. The lowest BCUT2D eigenvalue weighted by atomic mass is 9.89. The Balaban J connectivity index is 0.000000795. The van der Waals surface area contributed by atoms with Crippen LogP contribution in [0.2, 0.25) is 0 Å². The minimum atomic E-state index is -2.17. The molecule has 0 aliphatic rings. The largest absolute Gasteiger partial charge is 0.631 e. The van der Waals surface area contributed by atoms with Crippen LogP contribution in [-0.2, 0) is 0 Å². The zero-order valence-electron chi connectivity index (χ0n) is 20.5. The smallest absolute Gasteiger partial charge is 0.485 e. The van der Waals surface area contributed by atoms with Crippen molar-refractivity contribution in [1.29, 1.82) is 0 Å². The molecule has 0 unspecified atom stereocenters. The summed E-state index contributed by atoms with van der Waals surface area (Å²) in [4.78, 5) is 2.26. The first-order valence-electron chi connectivity index (χ1n) is 11.4. The second kappa shape index (κ2) is 10.9. The Hall–Kier alpha value is -3.36. The molecule has 182 valence electrons. The first kappa shape index (κ1) is 26.3. The van der Waals surface area contributed by atoms with E-state index in [-0.39, 0.29) is 0 Å². The lowest BCUT2D eigenvalue weighted by Crippen LogP contribution is -2.49. The molecule has 4 aromatic carbocycles. The molecule has 0 amide bonds. The van der Waals surface area contributed by atoms with Crippen LogP contribution >= 0.6 is 0 Å². The van der Waals surface area contributed by atoms with Gasteiger partial charge in [0.15, 0.2) is 0 Å². The summed E-state index contributed by atoms with van der Waals surface area (Å²) in [5.74, 6) is 0.724. The summed E-state index contributed by atoms with van der Waals surface area (Å²) in [6.07, 6.45) is 0. The van der Waals surface area contributed by atoms with E-state index >= 15 is 0 Å². The van der Waals surface area contributed by atoms with E-state index in [0.29, 0.717) is 0 Å². The standard InChI is InChI=1S/C28H29NO2.BH3O3/c1-27(2,30)28(3,4)31-24-19-17-23(18-20-24)29(22-13-6-5-7-14-22)26-16-10-12-21-11-8-9-15-25(21)26;2-1(3)4/h5-20,30H,1-4H3;2-4H. The van der Waals surface area contributed by atoms with Crippen LogP contribution in [0.25, 0.3) is 10.8 Å². The maximum atomic E-state index is 10.4. The first-order chi connectivity index (χ1) is 16.5. The van der Waals surface area contributed by atoms with E-state index in [2.05, 4.69) is 83.8 Å². The summed E-state index contributed by atoms with van der Waals surface area (Å²) in [5.41, 5.74) is 1.56. The Kier molecular flexibility index (Phi) is 8.20. The van der Waals surface area contributed by atoms with Crippen molar-refractivity contribution in [1.82, 2.24) is 0 Å². The Morgan fingerprint density at radius 2 is 1.17 bits per heavy atom. The van der Waals surface area contributed by atoms with Gasteiger partial charge in [0.2, 0.25) is 0 Å². The van der Waals surface area contributed by atoms with Gasteiger partial charge in [-0.25, -0.2) is 0 Å². The summed E-state index contributed by atoms with van der Waals surface area (Å²) in [6.45, 7) is 7.32. The molecule has 7 heteroatoms. The van der Waals surface area contributed by atoms with Gasteiger partial charge in [-0.2, -0.15) is 0 Å². The third-order valence-corrected chi connectivity index (χ3v) is 5.96. The van der Waals surface area contributed by atoms with E-state index in [1.807, 2.05) is 32.0 Å². The Labute approximate surface area is 206 Å². The maximum absolute atomic E-state index is 10.4. The molecule has 35 heavy (non-hydrogen) atoms. The van der Waals surface area contributed by atoms with Gasteiger partial charge in [-0.3, -0.25) is 0 Å². The predicted octanol–water partition coefficient (Wildman–Crippen LogP) is 5.19. The van der Waals surface area contributed by atoms with E-state index in [1.165, 1.54) is 10.8 Å². The SMILES string of the molecule is CC(C)(O)C(C)(C)Oc1ccc(N(c2ccccc2)c2cccc3ccccc23)cc1.OB(O)O. The summed E-state index contributed by atoms with van der Waals surface area (Å²) >= 11 is 0. The van der Waals surface area contributed by atoms with Crippen molar-refractivity contribution >= 4 is 35.2 Å². The van der Waals surface area contributed by atoms with Crippen molar-refractivity contribution in [2.45, 2.75) is 38.9 Å². The van der Waals surface area contributed by atoms with Crippen molar-refractivity contribution in [3.63, 3.8) is 0 Å². The molecule has 4 aromatic rings. The normalized spacial score (nSPS) is 11.4. The van der Waals surface area contributed by atoms with Gasteiger partial charge in [-0.15, -0.1) is 0 Å². The highest BCUT2D eigenvalue weighted by atomic mass is 16.5. The minimum Gasteiger partial charge on any atom is -0.485 e. The molecule has 0 fully saturated rings. The maximum Gasteiger partial charge on any atom is 0.631 e. The van der Waals surface area contributed by atoms with E-state index in [9.17, 15) is 5.11 Å². The monoisotopic (exact) mass is 473 g/mol. The number of benzene rings is 4. The van der Waals surface area contributed by atoms with Crippen molar-refractivity contribution in [3.8, 4) is 5.75 Å². The molecule has 0 saturated heterocycles. The number of hydrogen-bond donors (Lipinski definition) is 4. The molecule has 0 radical (unpaired) electrons. The molecule has 0 aromatic heterocycles. The fourth-order valence-electron chi connectivity index (χ4n) is 3.49. The van der Waals surface area contributed by atoms with E-state index in [1.54, 1.807) is 13.8 Å². The Morgan fingerprint density at radius 1 is 0.657 bits per heavy atom.